The van der Waals surface area contributed by atoms with Gasteiger partial charge in [-0.1, -0.05) is 19.3 Å². The molecule has 6 N–H and O–H groups in total. The Morgan fingerprint density at radius 3 is 2.54 bits per heavy atom. The Hall–Kier alpha value is -4.39. The second-order valence-electron chi connectivity index (χ2n) is 7.14. The maximum absolute atomic E-state index is 13.5. The van der Waals surface area contributed by atoms with Gasteiger partial charge < -0.3 is 26.7 Å². The number of primary amides is 1. The van der Waals surface area contributed by atoms with E-state index in [1.54, 1.807) is 26.2 Å². The van der Waals surface area contributed by atoms with Crippen LogP contribution in [0.4, 0.5) is 10.1 Å². The molecule has 1 aliphatic heterocycles. The molecule has 0 spiro atoms. The van der Waals surface area contributed by atoms with E-state index in [9.17, 15) is 18.8 Å². The molecular weight excluding hydrogens is 453 g/mol. The van der Waals surface area contributed by atoms with Crippen molar-refractivity contribution in [3.63, 3.8) is 0 Å². The van der Waals surface area contributed by atoms with Crippen molar-refractivity contribution in [1.82, 2.24) is 15.6 Å². The number of hydrogen-bond donors (Lipinski definition) is 5. The highest BCUT2D eigenvalue weighted by molar-refractivity contribution is 6.34. The van der Waals surface area contributed by atoms with E-state index in [2.05, 4.69) is 45.4 Å². The van der Waals surface area contributed by atoms with Gasteiger partial charge in [-0.05, 0) is 56.0 Å². The van der Waals surface area contributed by atoms with Gasteiger partial charge in [0.1, 0.15) is 5.82 Å². The van der Waals surface area contributed by atoms with E-state index in [1.807, 2.05) is 6.92 Å². The molecule has 186 valence electrons. The molecule has 4 amide bonds. The predicted octanol–water partition coefficient (Wildman–Crippen LogP) is 2.34. The zero-order valence-corrected chi connectivity index (χ0v) is 20.2. The SMILES string of the molecule is CC#CC(=O)NC.CCCCNC(=O)c1c[nH]c(/C=C2\C(=O)Nc3ccc(F)cc32)c1C.NC=O. The number of nitrogens with one attached hydrogen (secondary N) is 4. The summed E-state index contributed by atoms with van der Waals surface area (Å²) in [5, 5.41) is 7.94. The Bertz CT molecular complexity index is 1160. The topological polar surface area (TPSA) is 146 Å². The standard InChI is InChI=1S/C19H20FN3O2.C5H7NO.CH3NO/c1-3-4-7-21-18(24)15-10-22-17(11(15)2)9-14-13-8-12(20)5-6-16(13)23-19(14)25;1-3-4-5(7)6-2;2-1-3/h5-6,8-10,22H,3-4,7H2,1-2H3,(H,21,24)(H,23,25);1-2H3,(H,6,7);1H,(H2,2,3)/b14-9-;;. The summed E-state index contributed by atoms with van der Waals surface area (Å²) >= 11 is 0. The van der Waals surface area contributed by atoms with Crippen molar-refractivity contribution >= 4 is 41.5 Å². The van der Waals surface area contributed by atoms with Crippen molar-refractivity contribution in [2.75, 3.05) is 18.9 Å². The third-order valence-corrected chi connectivity index (χ3v) is 4.76. The Morgan fingerprint density at radius 1 is 1.29 bits per heavy atom. The van der Waals surface area contributed by atoms with Crippen molar-refractivity contribution in [2.45, 2.75) is 33.6 Å². The van der Waals surface area contributed by atoms with Gasteiger partial charge in [-0.25, -0.2) is 4.39 Å². The minimum absolute atomic E-state index is 0.144. The fourth-order valence-electron chi connectivity index (χ4n) is 3.00. The minimum Gasteiger partial charge on any atom is -0.372 e. The number of fused-ring (bicyclic) bond motifs is 1. The van der Waals surface area contributed by atoms with Crippen LogP contribution in [0.2, 0.25) is 0 Å². The summed E-state index contributed by atoms with van der Waals surface area (Å²) < 4.78 is 13.5. The summed E-state index contributed by atoms with van der Waals surface area (Å²) in [5.74, 6) is 3.68. The molecule has 3 rings (SSSR count). The first kappa shape index (κ1) is 28.6. The molecule has 1 aromatic heterocycles. The van der Waals surface area contributed by atoms with Crippen LogP contribution in [0.25, 0.3) is 11.6 Å². The lowest BCUT2D eigenvalue weighted by molar-refractivity contribution is -0.115. The van der Waals surface area contributed by atoms with E-state index >= 15 is 0 Å². The first-order valence-electron chi connectivity index (χ1n) is 10.8. The number of aromatic amines is 1. The van der Waals surface area contributed by atoms with Gasteiger partial charge in [0.25, 0.3) is 17.7 Å². The highest BCUT2D eigenvalue weighted by Gasteiger charge is 2.25. The number of carbonyl (C=O) groups excluding carboxylic acids is 4. The van der Waals surface area contributed by atoms with E-state index in [4.69, 9.17) is 4.79 Å². The Kier molecular flexibility index (Phi) is 12.0. The summed E-state index contributed by atoms with van der Waals surface area (Å²) in [6.07, 6.45) is 5.46. The number of anilines is 1. The number of rotatable bonds is 5. The number of nitrogens with two attached hydrogens (primary N) is 1. The summed E-state index contributed by atoms with van der Waals surface area (Å²) in [7, 11) is 1.55. The second kappa shape index (κ2) is 14.7. The van der Waals surface area contributed by atoms with Gasteiger partial charge in [0.2, 0.25) is 6.41 Å². The maximum Gasteiger partial charge on any atom is 0.295 e. The molecule has 0 unspecified atom stereocenters. The average Bonchev–Trinajstić information content (AvgIpc) is 3.34. The smallest absolute Gasteiger partial charge is 0.295 e. The first-order valence-corrected chi connectivity index (χ1v) is 10.8. The highest BCUT2D eigenvalue weighted by Crippen LogP contribution is 2.34. The van der Waals surface area contributed by atoms with E-state index in [1.165, 1.54) is 18.2 Å². The zero-order valence-electron chi connectivity index (χ0n) is 20.2. The van der Waals surface area contributed by atoms with Gasteiger partial charge in [-0.15, -0.1) is 0 Å². The lowest BCUT2D eigenvalue weighted by atomic mass is 10.0. The van der Waals surface area contributed by atoms with Crippen LogP contribution in [0.3, 0.4) is 0 Å². The summed E-state index contributed by atoms with van der Waals surface area (Å²) in [4.78, 5) is 46.1. The van der Waals surface area contributed by atoms with Gasteiger partial charge in [0.05, 0.1) is 11.1 Å². The van der Waals surface area contributed by atoms with Crippen LogP contribution < -0.4 is 21.7 Å². The van der Waals surface area contributed by atoms with E-state index in [0.29, 0.717) is 34.6 Å². The van der Waals surface area contributed by atoms with Crippen LogP contribution in [-0.2, 0) is 14.4 Å². The first-order chi connectivity index (χ1) is 16.7. The number of H-pyrrole nitrogens is 1. The van der Waals surface area contributed by atoms with Crippen LogP contribution >= 0.6 is 0 Å². The van der Waals surface area contributed by atoms with E-state index in [0.717, 1.165) is 18.4 Å². The monoisotopic (exact) mass is 483 g/mol. The highest BCUT2D eigenvalue weighted by atomic mass is 19.1. The Balaban J connectivity index is 0.000000521. The molecule has 35 heavy (non-hydrogen) atoms. The fraction of sp³-hybridized carbons (Fsp3) is 0.280. The van der Waals surface area contributed by atoms with Crippen LogP contribution in [0.5, 0.6) is 0 Å². The predicted molar refractivity (Wildman–Crippen MR) is 133 cm³/mol. The number of carbonyl (C=O) groups is 4. The molecule has 0 atom stereocenters. The molecule has 2 aromatic rings. The molecule has 0 radical (unpaired) electrons. The molecule has 1 aliphatic rings. The number of amides is 4. The van der Waals surface area contributed by atoms with Crippen molar-refractivity contribution in [2.24, 2.45) is 5.73 Å². The normalized spacial score (nSPS) is 11.9. The summed E-state index contributed by atoms with van der Waals surface area (Å²) in [6, 6.07) is 4.17. The van der Waals surface area contributed by atoms with Crippen molar-refractivity contribution in [3.8, 4) is 11.8 Å². The van der Waals surface area contributed by atoms with Crippen molar-refractivity contribution < 1.29 is 23.6 Å². The molecule has 0 saturated carbocycles. The molecule has 0 aliphatic carbocycles. The van der Waals surface area contributed by atoms with Crippen LogP contribution in [-0.4, -0.2) is 42.7 Å². The number of benzene rings is 1. The van der Waals surface area contributed by atoms with Gasteiger partial charge in [0.15, 0.2) is 0 Å². The number of halogens is 1. The third-order valence-electron chi connectivity index (χ3n) is 4.76. The summed E-state index contributed by atoms with van der Waals surface area (Å²) in [5.41, 5.74) is 7.59. The summed E-state index contributed by atoms with van der Waals surface area (Å²) in [6.45, 7) is 6.13. The van der Waals surface area contributed by atoms with Crippen LogP contribution in [0.1, 0.15) is 53.9 Å². The molecule has 0 saturated heterocycles. The van der Waals surface area contributed by atoms with E-state index in [-0.39, 0.29) is 24.1 Å². The lowest BCUT2D eigenvalue weighted by Gasteiger charge is -2.03. The van der Waals surface area contributed by atoms with Gasteiger partial charge in [0, 0.05) is 36.7 Å². The molecular formula is C25H30FN5O4. The Labute approximate surface area is 203 Å². The molecule has 10 heteroatoms. The zero-order chi connectivity index (χ0) is 26.4. The third kappa shape index (κ3) is 8.47. The van der Waals surface area contributed by atoms with Crippen molar-refractivity contribution in [3.05, 3.63) is 52.6 Å². The molecule has 0 fully saturated rings. The van der Waals surface area contributed by atoms with Crippen molar-refractivity contribution in [1.29, 1.82) is 0 Å². The van der Waals surface area contributed by atoms with Gasteiger partial charge in [-0.3, -0.25) is 19.2 Å². The average molecular weight is 484 g/mol. The minimum atomic E-state index is -0.402. The lowest BCUT2D eigenvalue weighted by Crippen LogP contribution is -2.24. The molecule has 0 bridgehead atoms. The second-order valence-corrected chi connectivity index (χ2v) is 7.14. The maximum atomic E-state index is 13.5. The molecule has 1 aromatic carbocycles. The molecule has 9 nitrogen and oxygen atoms in total. The number of unbranched alkanes of at least 4 members (excludes halogenated alkanes) is 1. The Morgan fingerprint density at radius 2 is 1.97 bits per heavy atom. The number of aromatic nitrogens is 1. The van der Waals surface area contributed by atoms with Crippen LogP contribution in [0.15, 0.2) is 24.4 Å². The largest absolute Gasteiger partial charge is 0.372 e. The van der Waals surface area contributed by atoms with E-state index < -0.39 is 5.82 Å². The van der Waals surface area contributed by atoms with Gasteiger partial charge in [-0.2, -0.15) is 0 Å². The quantitative estimate of drug-likeness (QED) is 0.192. The number of hydrogen-bond acceptors (Lipinski definition) is 4. The van der Waals surface area contributed by atoms with Gasteiger partial charge >= 0.3 is 0 Å². The molecule has 2 heterocycles. The van der Waals surface area contributed by atoms with Crippen LogP contribution in [0, 0.1) is 24.6 Å². The fourth-order valence-corrected chi connectivity index (χ4v) is 3.00.